The second-order valence-corrected chi connectivity index (χ2v) is 6.53. The second-order valence-electron chi connectivity index (χ2n) is 6.53. The molecule has 3 heteroatoms. The molecule has 20 heavy (non-hydrogen) atoms. The highest BCUT2D eigenvalue weighted by atomic mass is 16.5. The number of benzene rings is 1. The van der Waals surface area contributed by atoms with Gasteiger partial charge in [0.25, 0.3) is 0 Å². The van der Waals surface area contributed by atoms with E-state index in [1.54, 1.807) is 0 Å². The van der Waals surface area contributed by atoms with Crippen LogP contribution in [0.15, 0.2) is 24.3 Å². The summed E-state index contributed by atoms with van der Waals surface area (Å²) >= 11 is 0. The van der Waals surface area contributed by atoms with E-state index in [9.17, 15) is 0 Å². The lowest BCUT2D eigenvalue weighted by molar-refractivity contribution is 0.0836. The van der Waals surface area contributed by atoms with Gasteiger partial charge in [0.05, 0.1) is 6.61 Å². The molecule has 1 atom stereocenters. The van der Waals surface area contributed by atoms with Crippen molar-refractivity contribution in [1.82, 2.24) is 10.2 Å². The quantitative estimate of drug-likeness (QED) is 0.914. The minimum Gasteiger partial charge on any atom is -0.494 e. The first kappa shape index (κ1) is 15.3. The molecule has 1 aromatic rings. The molecule has 1 N–H and O–H groups in total. The molecule has 0 aromatic heterocycles. The Balaban J connectivity index is 2.35. The summed E-state index contributed by atoms with van der Waals surface area (Å²) in [7, 11) is 0. The normalized spacial score (nSPS) is 18.8. The lowest BCUT2D eigenvalue weighted by atomic mass is 9.80. The molecule has 1 aliphatic heterocycles. The van der Waals surface area contributed by atoms with Gasteiger partial charge in [-0.3, -0.25) is 4.90 Å². The lowest BCUT2D eigenvalue weighted by Crippen LogP contribution is -2.48. The molecule has 1 heterocycles. The Morgan fingerprint density at radius 3 is 2.45 bits per heavy atom. The van der Waals surface area contributed by atoms with E-state index < -0.39 is 0 Å². The van der Waals surface area contributed by atoms with E-state index in [-0.39, 0.29) is 5.41 Å². The Morgan fingerprint density at radius 1 is 1.20 bits per heavy atom. The molecule has 2 rings (SSSR count). The van der Waals surface area contributed by atoms with E-state index in [1.807, 2.05) is 6.92 Å². The van der Waals surface area contributed by atoms with Crippen LogP contribution >= 0.6 is 0 Å². The highest BCUT2D eigenvalue weighted by Gasteiger charge is 2.34. The van der Waals surface area contributed by atoms with Gasteiger partial charge in [-0.25, -0.2) is 0 Å². The number of piperazine rings is 1. The summed E-state index contributed by atoms with van der Waals surface area (Å²) in [5.74, 6) is 1.04. The van der Waals surface area contributed by atoms with Gasteiger partial charge in [0.2, 0.25) is 0 Å². The molecule has 0 saturated carbocycles. The fourth-order valence-electron chi connectivity index (χ4n) is 3.14. The molecule has 1 aromatic carbocycles. The van der Waals surface area contributed by atoms with Crippen LogP contribution < -0.4 is 10.1 Å². The highest BCUT2D eigenvalue weighted by molar-refractivity contribution is 5.37. The number of rotatable bonds is 4. The van der Waals surface area contributed by atoms with E-state index in [2.05, 4.69) is 55.3 Å². The summed E-state index contributed by atoms with van der Waals surface area (Å²) in [4.78, 5) is 2.59. The molecule has 0 spiro atoms. The van der Waals surface area contributed by atoms with Gasteiger partial charge >= 0.3 is 0 Å². The van der Waals surface area contributed by atoms with Gasteiger partial charge in [0.15, 0.2) is 0 Å². The van der Waals surface area contributed by atoms with Gasteiger partial charge in [-0.2, -0.15) is 0 Å². The molecule has 0 radical (unpaired) electrons. The minimum atomic E-state index is 0.185. The molecule has 1 aliphatic rings. The second kappa shape index (κ2) is 6.59. The number of nitrogens with zero attached hydrogens (tertiary/aromatic N) is 1. The predicted octanol–water partition coefficient (Wildman–Crippen LogP) is 3.08. The smallest absolute Gasteiger partial charge is 0.124 e. The van der Waals surface area contributed by atoms with Crippen molar-refractivity contribution in [2.45, 2.75) is 33.7 Å². The van der Waals surface area contributed by atoms with E-state index >= 15 is 0 Å². The maximum absolute atomic E-state index is 5.86. The first-order chi connectivity index (χ1) is 9.54. The van der Waals surface area contributed by atoms with E-state index in [1.165, 1.54) is 5.56 Å². The van der Waals surface area contributed by atoms with Crippen LogP contribution in [-0.2, 0) is 0 Å². The molecule has 0 unspecified atom stereocenters. The largest absolute Gasteiger partial charge is 0.494 e. The third kappa shape index (κ3) is 3.53. The zero-order valence-corrected chi connectivity index (χ0v) is 13.3. The van der Waals surface area contributed by atoms with Crippen LogP contribution in [0.25, 0.3) is 0 Å². The topological polar surface area (TPSA) is 24.5 Å². The molecule has 0 amide bonds. The van der Waals surface area contributed by atoms with Crippen LogP contribution in [0, 0.1) is 5.41 Å². The highest BCUT2D eigenvalue weighted by Crippen LogP contribution is 2.41. The number of hydrogen-bond donors (Lipinski definition) is 1. The van der Waals surface area contributed by atoms with Gasteiger partial charge in [0, 0.05) is 37.8 Å². The zero-order chi connectivity index (χ0) is 14.6. The predicted molar refractivity (Wildman–Crippen MR) is 84.2 cm³/mol. The summed E-state index contributed by atoms with van der Waals surface area (Å²) in [6, 6.07) is 8.90. The monoisotopic (exact) mass is 276 g/mol. The Bertz CT molecular complexity index is 419. The van der Waals surface area contributed by atoms with Crippen LogP contribution in [0.1, 0.15) is 39.3 Å². The van der Waals surface area contributed by atoms with Crippen LogP contribution in [0.2, 0.25) is 0 Å². The van der Waals surface area contributed by atoms with Crippen molar-refractivity contribution in [2.24, 2.45) is 5.41 Å². The zero-order valence-electron chi connectivity index (χ0n) is 13.3. The third-order valence-electron chi connectivity index (χ3n) is 3.85. The third-order valence-corrected chi connectivity index (χ3v) is 3.85. The van der Waals surface area contributed by atoms with Crippen molar-refractivity contribution in [1.29, 1.82) is 0 Å². The fourth-order valence-corrected chi connectivity index (χ4v) is 3.14. The van der Waals surface area contributed by atoms with Crippen molar-refractivity contribution in [3.05, 3.63) is 29.8 Å². The van der Waals surface area contributed by atoms with Gasteiger partial charge in [0.1, 0.15) is 5.75 Å². The van der Waals surface area contributed by atoms with Gasteiger partial charge in [-0.15, -0.1) is 0 Å². The molecule has 112 valence electrons. The first-order valence-electron chi connectivity index (χ1n) is 7.70. The van der Waals surface area contributed by atoms with Crippen LogP contribution in [-0.4, -0.2) is 37.7 Å². The van der Waals surface area contributed by atoms with Crippen LogP contribution in [0.3, 0.4) is 0 Å². The van der Waals surface area contributed by atoms with Crippen LogP contribution in [0.5, 0.6) is 5.75 Å². The molecule has 1 fully saturated rings. The van der Waals surface area contributed by atoms with E-state index in [0.717, 1.165) is 38.5 Å². The van der Waals surface area contributed by atoms with Crippen molar-refractivity contribution >= 4 is 0 Å². The Morgan fingerprint density at radius 2 is 1.85 bits per heavy atom. The Kier molecular flexibility index (Phi) is 5.06. The average Bonchev–Trinajstić information content (AvgIpc) is 2.41. The summed E-state index contributed by atoms with van der Waals surface area (Å²) in [5, 5.41) is 3.44. The van der Waals surface area contributed by atoms with Crippen LogP contribution in [0.4, 0.5) is 0 Å². The maximum Gasteiger partial charge on any atom is 0.124 e. The number of para-hydroxylation sites is 1. The molecule has 0 bridgehead atoms. The van der Waals surface area contributed by atoms with E-state index in [4.69, 9.17) is 4.74 Å². The van der Waals surface area contributed by atoms with E-state index in [0.29, 0.717) is 6.04 Å². The lowest BCUT2D eigenvalue weighted by Gasteiger charge is -2.43. The molecule has 1 saturated heterocycles. The summed E-state index contributed by atoms with van der Waals surface area (Å²) in [6.45, 7) is 14.1. The molecule has 3 nitrogen and oxygen atoms in total. The van der Waals surface area contributed by atoms with Gasteiger partial charge in [-0.1, -0.05) is 39.0 Å². The average molecular weight is 276 g/mol. The maximum atomic E-state index is 5.86. The number of hydrogen-bond acceptors (Lipinski definition) is 3. The number of ether oxygens (including phenoxy) is 1. The van der Waals surface area contributed by atoms with Crippen molar-refractivity contribution in [3.63, 3.8) is 0 Å². The van der Waals surface area contributed by atoms with Gasteiger partial charge in [-0.05, 0) is 18.4 Å². The standard InChI is InChI=1S/C17H28N2O/c1-5-20-15-9-7-6-8-14(15)16(17(2,3)4)19-12-10-18-11-13-19/h6-9,16,18H,5,10-13H2,1-4H3/t16-/m1/s1. The SMILES string of the molecule is CCOc1ccccc1[C@@H](N1CCNCC1)C(C)(C)C. The Hall–Kier alpha value is -1.06. The summed E-state index contributed by atoms with van der Waals surface area (Å²) < 4.78 is 5.86. The summed E-state index contributed by atoms with van der Waals surface area (Å²) in [6.07, 6.45) is 0. The fraction of sp³-hybridized carbons (Fsp3) is 0.647. The molecular formula is C17H28N2O. The van der Waals surface area contributed by atoms with Crippen molar-refractivity contribution < 1.29 is 4.74 Å². The minimum absolute atomic E-state index is 0.185. The number of nitrogens with one attached hydrogen (secondary N) is 1. The first-order valence-corrected chi connectivity index (χ1v) is 7.70. The van der Waals surface area contributed by atoms with Crippen molar-refractivity contribution in [3.8, 4) is 5.75 Å². The molecular weight excluding hydrogens is 248 g/mol. The Labute approximate surface area is 123 Å². The van der Waals surface area contributed by atoms with Gasteiger partial charge < -0.3 is 10.1 Å². The summed E-state index contributed by atoms with van der Waals surface area (Å²) in [5.41, 5.74) is 1.51. The molecule has 0 aliphatic carbocycles. The van der Waals surface area contributed by atoms with Crippen molar-refractivity contribution in [2.75, 3.05) is 32.8 Å².